The van der Waals surface area contributed by atoms with Crippen LogP contribution in [0, 0.1) is 5.82 Å². The van der Waals surface area contributed by atoms with Gasteiger partial charge < -0.3 is 10.1 Å². The zero-order chi connectivity index (χ0) is 19.0. The Morgan fingerprint density at radius 3 is 2.62 bits per heavy atom. The van der Waals surface area contributed by atoms with Gasteiger partial charge in [0.2, 0.25) is 5.91 Å². The maximum Gasteiger partial charge on any atom is 0.274 e. The number of halogens is 1. The van der Waals surface area contributed by atoms with Crippen molar-refractivity contribution in [2.45, 2.75) is 17.6 Å². The molecule has 0 unspecified atom stereocenters. The van der Waals surface area contributed by atoms with Gasteiger partial charge in [0.25, 0.3) is 10.0 Å². The molecule has 2 rings (SSSR count). The normalized spacial score (nSPS) is 11.3. The van der Waals surface area contributed by atoms with Crippen molar-refractivity contribution in [3.8, 4) is 0 Å². The highest BCUT2D eigenvalue weighted by Gasteiger charge is 2.27. The molecule has 0 saturated heterocycles. The molecule has 0 spiro atoms. The van der Waals surface area contributed by atoms with Crippen LogP contribution in [0.3, 0.4) is 0 Å². The molecular weight excluding hydrogens is 379 g/mol. The molecule has 0 bridgehead atoms. The molecule has 1 heterocycles. The summed E-state index contributed by atoms with van der Waals surface area (Å²) in [5.74, 6) is -0.923. The Balaban J connectivity index is 2.14. The summed E-state index contributed by atoms with van der Waals surface area (Å²) in [4.78, 5) is 12.2. The molecule has 0 saturated carbocycles. The first-order valence-electron chi connectivity index (χ1n) is 8.11. The van der Waals surface area contributed by atoms with Crippen molar-refractivity contribution in [2.24, 2.45) is 0 Å². The fraction of sp³-hybridized carbons (Fsp3) is 0.353. The van der Waals surface area contributed by atoms with Crippen LogP contribution in [-0.4, -0.2) is 40.6 Å². The molecule has 0 fully saturated rings. The summed E-state index contributed by atoms with van der Waals surface area (Å²) in [6.07, 6.45) is 0.633. The average molecular weight is 400 g/mol. The van der Waals surface area contributed by atoms with E-state index in [1.165, 1.54) is 18.2 Å². The zero-order valence-electron chi connectivity index (χ0n) is 14.4. The maximum atomic E-state index is 13.2. The van der Waals surface area contributed by atoms with Crippen molar-refractivity contribution in [1.82, 2.24) is 5.32 Å². The number of thiophene rings is 1. The zero-order valence-corrected chi connectivity index (χ0v) is 16.0. The fourth-order valence-electron chi connectivity index (χ4n) is 2.17. The molecule has 1 aromatic heterocycles. The topological polar surface area (TPSA) is 75.7 Å². The van der Waals surface area contributed by atoms with Crippen LogP contribution in [0.5, 0.6) is 0 Å². The summed E-state index contributed by atoms with van der Waals surface area (Å²) >= 11 is 1.06. The minimum atomic E-state index is -3.91. The summed E-state index contributed by atoms with van der Waals surface area (Å²) in [6.45, 7) is 3.00. The van der Waals surface area contributed by atoms with E-state index in [0.717, 1.165) is 27.8 Å². The molecule has 0 aliphatic heterocycles. The lowest BCUT2D eigenvalue weighted by atomic mass is 10.3. The Morgan fingerprint density at radius 2 is 2.00 bits per heavy atom. The van der Waals surface area contributed by atoms with Gasteiger partial charge in [-0.1, -0.05) is 6.07 Å². The molecule has 142 valence electrons. The highest BCUT2D eigenvalue weighted by molar-refractivity contribution is 7.94. The second kappa shape index (κ2) is 9.65. The van der Waals surface area contributed by atoms with E-state index >= 15 is 0 Å². The molecule has 26 heavy (non-hydrogen) atoms. The second-order valence-corrected chi connectivity index (χ2v) is 8.36. The molecule has 6 nitrogen and oxygen atoms in total. The summed E-state index contributed by atoms with van der Waals surface area (Å²) in [5, 5.41) is 4.32. The van der Waals surface area contributed by atoms with E-state index in [4.69, 9.17) is 4.74 Å². The van der Waals surface area contributed by atoms with Crippen molar-refractivity contribution in [2.75, 3.05) is 30.6 Å². The predicted octanol–water partition coefficient (Wildman–Crippen LogP) is 2.63. The molecule has 1 N–H and O–H groups in total. The summed E-state index contributed by atoms with van der Waals surface area (Å²) in [5.41, 5.74) is 0.226. The van der Waals surface area contributed by atoms with E-state index in [1.54, 1.807) is 11.4 Å². The highest BCUT2D eigenvalue weighted by atomic mass is 32.2. The van der Waals surface area contributed by atoms with Crippen LogP contribution in [0.1, 0.15) is 13.3 Å². The van der Waals surface area contributed by atoms with Crippen LogP contribution in [-0.2, 0) is 19.6 Å². The minimum Gasteiger partial charge on any atom is -0.382 e. The molecule has 0 aliphatic carbocycles. The lowest BCUT2D eigenvalue weighted by Gasteiger charge is -2.23. The molecule has 1 amide bonds. The van der Waals surface area contributed by atoms with Crippen molar-refractivity contribution >= 4 is 33.0 Å². The van der Waals surface area contributed by atoms with Crippen LogP contribution in [0.15, 0.2) is 46.0 Å². The van der Waals surface area contributed by atoms with E-state index in [-0.39, 0.29) is 16.4 Å². The number of nitrogens with one attached hydrogen (secondary N) is 1. The molecule has 2 aromatic rings. The quantitative estimate of drug-likeness (QED) is 0.622. The SMILES string of the molecule is CCOCCCNC(=O)CN(c1ccc(F)cc1)S(=O)(=O)c1cccs1. The number of hydrogen-bond acceptors (Lipinski definition) is 5. The number of carbonyl (C=O) groups is 1. The van der Waals surface area contributed by atoms with Gasteiger partial charge in [-0.2, -0.15) is 0 Å². The first kappa shape index (κ1) is 20.3. The average Bonchev–Trinajstić information content (AvgIpc) is 3.16. The van der Waals surface area contributed by atoms with Crippen LogP contribution in [0.2, 0.25) is 0 Å². The van der Waals surface area contributed by atoms with Gasteiger partial charge in [0.05, 0.1) is 5.69 Å². The summed E-state index contributed by atoms with van der Waals surface area (Å²) < 4.78 is 45.2. The van der Waals surface area contributed by atoms with E-state index in [2.05, 4.69) is 5.32 Å². The second-order valence-electron chi connectivity index (χ2n) is 5.32. The van der Waals surface area contributed by atoms with Crippen LogP contribution in [0.4, 0.5) is 10.1 Å². The van der Waals surface area contributed by atoms with Crippen molar-refractivity contribution in [1.29, 1.82) is 0 Å². The van der Waals surface area contributed by atoms with Gasteiger partial charge in [0.15, 0.2) is 0 Å². The largest absolute Gasteiger partial charge is 0.382 e. The molecule has 0 radical (unpaired) electrons. The van der Waals surface area contributed by atoms with Crippen LogP contribution >= 0.6 is 11.3 Å². The molecule has 1 aromatic carbocycles. The highest BCUT2D eigenvalue weighted by Crippen LogP contribution is 2.26. The van der Waals surface area contributed by atoms with Crippen molar-refractivity contribution in [3.63, 3.8) is 0 Å². The molecule has 0 atom stereocenters. The van der Waals surface area contributed by atoms with Crippen LogP contribution < -0.4 is 9.62 Å². The van der Waals surface area contributed by atoms with Gasteiger partial charge in [-0.05, 0) is 49.1 Å². The third-order valence-corrected chi connectivity index (χ3v) is 6.58. The lowest BCUT2D eigenvalue weighted by Crippen LogP contribution is -2.41. The molecule has 9 heteroatoms. The van der Waals surface area contributed by atoms with E-state index in [1.807, 2.05) is 6.92 Å². The van der Waals surface area contributed by atoms with Gasteiger partial charge in [-0.25, -0.2) is 12.8 Å². The fourth-order valence-corrected chi connectivity index (χ4v) is 4.70. The van der Waals surface area contributed by atoms with Gasteiger partial charge in [-0.15, -0.1) is 11.3 Å². The molecular formula is C17H21FN2O4S2. The predicted molar refractivity (Wildman–Crippen MR) is 99.4 cm³/mol. The Labute approximate surface area is 156 Å². The Bertz CT molecular complexity index is 793. The summed E-state index contributed by atoms with van der Waals surface area (Å²) in [7, 11) is -3.91. The van der Waals surface area contributed by atoms with Crippen LogP contribution in [0.25, 0.3) is 0 Å². The Hall–Kier alpha value is -1.97. The number of amides is 1. The van der Waals surface area contributed by atoms with Gasteiger partial charge in [0.1, 0.15) is 16.6 Å². The first-order valence-corrected chi connectivity index (χ1v) is 10.4. The number of nitrogens with zero attached hydrogens (tertiary/aromatic N) is 1. The van der Waals surface area contributed by atoms with E-state index in [9.17, 15) is 17.6 Å². The summed E-state index contributed by atoms with van der Waals surface area (Å²) in [6, 6.07) is 8.08. The third kappa shape index (κ3) is 5.52. The van der Waals surface area contributed by atoms with E-state index in [0.29, 0.717) is 26.2 Å². The number of rotatable bonds is 10. The Kier molecular flexibility index (Phi) is 7.55. The van der Waals surface area contributed by atoms with Gasteiger partial charge >= 0.3 is 0 Å². The number of anilines is 1. The number of sulfonamides is 1. The standard InChI is InChI=1S/C17H21FN2O4S2/c1-2-24-11-4-10-19-16(21)13-20(15-8-6-14(18)7-9-15)26(22,23)17-5-3-12-25-17/h3,5-9,12H,2,4,10-11,13H2,1H3,(H,19,21). The number of carbonyl (C=O) groups excluding carboxylic acids is 1. The van der Waals surface area contributed by atoms with Crippen molar-refractivity contribution < 1.29 is 22.3 Å². The lowest BCUT2D eigenvalue weighted by molar-refractivity contribution is -0.119. The molecule has 0 aliphatic rings. The minimum absolute atomic E-state index is 0.117. The number of hydrogen-bond donors (Lipinski definition) is 1. The van der Waals surface area contributed by atoms with Gasteiger partial charge in [-0.3, -0.25) is 9.10 Å². The maximum absolute atomic E-state index is 13.2. The van der Waals surface area contributed by atoms with E-state index < -0.39 is 21.7 Å². The third-order valence-electron chi connectivity index (χ3n) is 3.43. The van der Waals surface area contributed by atoms with Crippen molar-refractivity contribution in [3.05, 3.63) is 47.6 Å². The Morgan fingerprint density at radius 1 is 1.27 bits per heavy atom. The monoisotopic (exact) mass is 400 g/mol. The van der Waals surface area contributed by atoms with Gasteiger partial charge in [0, 0.05) is 19.8 Å². The number of ether oxygens (including phenoxy) is 1. The number of benzene rings is 1. The first-order chi connectivity index (χ1) is 12.4. The smallest absolute Gasteiger partial charge is 0.274 e.